The smallest absolute Gasteiger partial charge is 0.275 e. The molecule has 0 aliphatic rings. The van der Waals surface area contributed by atoms with Crippen LogP contribution in [-0.4, -0.2) is 10.0 Å². The predicted octanol–water partition coefficient (Wildman–Crippen LogP) is 6.18. The number of non-ortho nitro benzene ring substituents is 1. The fourth-order valence-electron chi connectivity index (χ4n) is 2.42. The normalized spacial score (nSPS) is 10.3. The van der Waals surface area contributed by atoms with Gasteiger partial charge in [0, 0.05) is 28.7 Å². The zero-order chi connectivity index (χ0) is 20.8. The van der Waals surface area contributed by atoms with Crippen molar-refractivity contribution in [3.8, 4) is 11.5 Å². The molecule has 0 amide bonds. The number of anilines is 1. The molecule has 0 heterocycles. The van der Waals surface area contributed by atoms with Gasteiger partial charge in [0.25, 0.3) is 5.69 Å². The van der Waals surface area contributed by atoms with Crippen molar-refractivity contribution in [2.45, 2.75) is 6.54 Å². The number of rotatable bonds is 6. The third kappa shape index (κ3) is 6.32. The quantitative estimate of drug-likeness (QED) is 0.266. The lowest BCUT2D eigenvalue weighted by molar-refractivity contribution is -0.384. The first-order chi connectivity index (χ1) is 13.9. The maximum Gasteiger partial charge on any atom is 0.275 e. The highest BCUT2D eigenvalue weighted by Crippen LogP contribution is 2.30. The molecule has 0 saturated carbocycles. The predicted molar refractivity (Wildman–Crippen MR) is 119 cm³/mol. The Morgan fingerprint density at radius 1 is 0.966 bits per heavy atom. The number of ether oxygens (including phenoxy) is 1. The fourth-order valence-corrected chi connectivity index (χ4v) is 2.86. The van der Waals surface area contributed by atoms with Gasteiger partial charge in [-0.1, -0.05) is 35.3 Å². The van der Waals surface area contributed by atoms with E-state index < -0.39 is 4.92 Å². The summed E-state index contributed by atoms with van der Waals surface area (Å²) >= 11 is 17.0. The monoisotopic (exact) mass is 447 g/mol. The lowest BCUT2D eigenvalue weighted by atomic mass is 10.2. The molecule has 6 nitrogen and oxygen atoms in total. The van der Waals surface area contributed by atoms with Gasteiger partial charge in [-0.25, -0.2) is 0 Å². The Kier molecular flexibility index (Phi) is 6.87. The molecule has 29 heavy (non-hydrogen) atoms. The van der Waals surface area contributed by atoms with Crippen LogP contribution in [0.25, 0.3) is 0 Å². The maximum absolute atomic E-state index is 11.3. The number of hydrogen-bond donors (Lipinski definition) is 2. The van der Waals surface area contributed by atoms with Crippen LogP contribution < -0.4 is 15.4 Å². The van der Waals surface area contributed by atoms with Gasteiger partial charge >= 0.3 is 0 Å². The molecule has 0 radical (unpaired) electrons. The summed E-state index contributed by atoms with van der Waals surface area (Å²) in [6.45, 7) is 0.478. The highest BCUT2D eigenvalue weighted by Gasteiger charge is 2.12. The number of benzene rings is 3. The van der Waals surface area contributed by atoms with Crippen LogP contribution in [0.4, 0.5) is 11.4 Å². The molecule has 0 spiro atoms. The van der Waals surface area contributed by atoms with Gasteiger partial charge in [-0.2, -0.15) is 0 Å². The fraction of sp³-hybridized carbons (Fsp3) is 0.0500. The number of thiocarbonyl (C=S) groups is 1. The first kappa shape index (κ1) is 20.9. The van der Waals surface area contributed by atoms with Crippen LogP contribution in [0.2, 0.25) is 10.0 Å². The van der Waals surface area contributed by atoms with Gasteiger partial charge in [0.1, 0.15) is 11.5 Å². The Balaban J connectivity index is 1.70. The first-order valence-electron chi connectivity index (χ1n) is 8.41. The van der Waals surface area contributed by atoms with E-state index in [2.05, 4.69) is 10.6 Å². The number of nitro groups is 1. The van der Waals surface area contributed by atoms with Gasteiger partial charge in [0.05, 0.1) is 16.7 Å². The Hall–Kier alpha value is -2.87. The van der Waals surface area contributed by atoms with E-state index in [1.165, 1.54) is 12.1 Å². The lowest BCUT2D eigenvalue weighted by Crippen LogP contribution is -2.27. The van der Waals surface area contributed by atoms with Crippen LogP contribution in [0.15, 0.2) is 66.7 Å². The molecule has 3 rings (SSSR count). The molecule has 148 valence electrons. The summed E-state index contributed by atoms with van der Waals surface area (Å²) in [4.78, 5) is 10.8. The minimum atomic E-state index is -0.496. The molecule has 0 aliphatic heterocycles. The van der Waals surface area contributed by atoms with Crippen molar-refractivity contribution in [2.24, 2.45) is 0 Å². The van der Waals surface area contributed by atoms with E-state index >= 15 is 0 Å². The highest BCUT2D eigenvalue weighted by molar-refractivity contribution is 7.80. The molecule has 2 N–H and O–H groups in total. The molecule has 0 bridgehead atoms. The number of hydrogen-bond acceptors (Lipinski definition) is 4. The van der Waals surface area contributed by atoms with Crippen LogP contribution in [0, 0.1) is 10.1 Å². The summed E-state index contributed by atoms with van der Waals surface area (Å²) in [7, 11) is 0. The van der Waals surface area contributed by atoms with Gasteiger partial charge in [-0.3, -0.25) is 10.1 Å². The van der Waals surface area contributed by atoms with E-state index in [0.717, 1.165) is 5.56 Å². The number of nitrogens with zero attached hydrogens (tertiary/aromatic N) is 1. The third-order valence-electron chi connectivity index (χ3n) is 3.78. The van der Waals surface area contributed by atoms with Gasteiger partial charge in [-0.05, 0) is 54.2 Å². The summed E-state index contributed by atoms with van der Waals surface area (Å²) < 4.78 is 5.71. The van der Waals surface area contributed by atoms with E-state index in [-0.39, 0.29) is 5.69 Å². The summed E-state index contributed by atoms with van der Waals surface area (Å²) in [5.41, 5.74) is 1.29. The average Bonchev–Trinajstić information content (AvgIpc) is 2.69. The Morgan fingerprint density at radius 2 is 1.59 bits per heavy atom. The van der Waals surface area contributed by atoms with E-state index in [1.54, 1.807) is 42.5 Å². The molecule has 9 heteroatoms. The van der Waals surface area contributed by atoms with Crippen molar-refractivity contribution in [3.63, 3.8) is 0 Å². The topological polar surface area (TPSA) is 76.4 Å². The van der Waals surface area contributed by atoms with Gasteiger partial charge in [0.15, 0.2) is 5.11 Å². The molecular weight excluding hydrogens is 433 g/mol. The van der Waals surface area contributed by atoms with Crippen molar-refractivity contribution in [2.75, 3.05) is 5.32 Å². The van der Waals surface area contributed by atoms with Gasteiger partial charge < -0.3 is 15.4 Å². The second-order valence-corrected chi connectivity index (χ2v) is 7.24. The number of halogens is 2. The van der Waals surface area contributed by atoms with Crippen molar-refractivity contribution >= 4 is 51.9 Å². The summed E-state index contributed by atoms with van der Waals surface area (Å²) in [5.74, 6) is 0.800. The molecule has 0 fully saturated rings. The minimum Gasteiger partial charge on any atom is -0.457 e. The standard InChI is InChI=1S/C20H15Cl2N3O3S/c21-14-3-1-13(2-4-14)12-23-20(29)24-16-9-17(25(26)27)11-19(10-16)28-18-7-5-15(22)6-8-18/h1-11H,12H2,(H2,23,24,29). The molecule has 0 aromatic heterocycles. The van der Waals surface area contributed by atoms with E-state index in [9.17, 15) is 10.1 Å². The minimum absolute atomic E-state index is 0.125. The largest absolute Gasteiger partial charge is 0.457 e. The third-order valence-corrected chi connectivity index (χ3v) is 4.53. The van der Waals surface area contributed by atoms with Gasteiger partial charge in [-0.15, -0.1) is 0 Å². The lowest BCUT2D eigenvalue weighted by Gasteiger charge is -2.12. The Labute approximate surface area is 182 Å². The van der Waals surface area contributed by atoms with Crippen molar-refractivity contribution in [1.29, 1.82) is 0 Å². The molecule has 0 unspecified atom stereocenters. The zero-order valence-electron chi connectivity index (χ0n) is 14.9. The van der Waals surface area contributed by atoms with Crippen molar-refractivity contribution in [1.82, 2.24) is 5.32 Å². The molecule has 0 saturated heterocycles. The van der Waals surface area contributed by atoms with Crippen LogP contribution in [0.5, 0.6) is 11.5 Å². The van der Waals surface area contributed by atoms with E-state index in [1.807, 2.05) is 12.1 Å². The first-order valence-corrected chi connectivity index (χ1v) is 9.58. The summed E-state index contributed by atoms with van der Waals surface area (Å²) in [6, 6.07) is 18.4. The van der Waals surface area contributed by atoms with Crippen LogP contribution in [0.3, 0.4) is 0 Å². The number of nitrogens with one attached hydrogen (secondary N) is 2. The van der Waals surface area contributed by atoms with E-state index in [4.69, 9.17) is 40.2 Å². The SMILES string of the molecule is O=[N+]([O-])c1cc(NC(=S)NCc2ccc(Cl)cc2)cc(Oc2ccc(Cl)cc2)c1. The molecular formula is C20H15Cl2N3O3S. The highest BCUT2D eigenvalue weighted by atomic mass is 35.5. The van der Waals surface area contributed by atoms with Crippen LogP contribution in [-0.2, 0) is 6.54 Å². The molecule has 3 aromatic rings. The van der Waals surface area contributed by atoms with Gasteiger partial charge in [0.2, 0.25) is 0 Å². The second kappa shape index (κ2) is 9.56. The Bertz CT molecular complexity index is 1030. The number of nitro benzene ring substituents is 1. The molecule has 3 aromatic carbocycles. The maximum atomic E-state index is 11.3. The van der Waals surface area contributed by atoms with Crippen LogP contribution >= 0.6 is 35.4 Å². The van der Waals surface area contributed by atoms with E-state index in [0.29, 0.717) is 38.9 Å². The Morgan fingerprint density at radius 3 is 2.21 bits per heavy atom. The van der Waals surface area contributed by atoms with Crippen molar-refractivity contribution < 1.29 is 9.66 Å². The second-order valence-electron chi connectivity index (χ2n) is 5.96. The summed E-state index contributed by atoms with van der Waals surface area (Å²) in [5, 5.41) is 18.8. The van der Waals surface area contributed by atoms with Crippen LogP contribution in [0.1, 0.15) is 5.56 Å². The van der Waals surface area contributed by atoms with Crippen molar-refractivity contribution in [3.05, 3.63) is 92.5 Å². The molecule has 0 aliphatic carbocycles. The zero-order valence-corrected chi connectivity index (χ0v) is 17.2. The molecule has 0 atom stereocenters. The average molecular weight is 448 g/mol. The summed E-state index contributed by atoms with van der Waals surface area (Å²) in [6.07, 6.45) is 0.